The Kier molecular flexibility index (Phi) is 6.00. The average molecular weight is 368 g/mol. The molecule has 0 aliphatic heterocycles. The number of aromatic nitrogens is 1. The molecule has 0 spiro atoms. The fourth-order valence-electron chi connectivity index (χ4n) is 2.70. The van der Waals surface area contributed by atoms with Gasteiger partial charge in [0.05, 0.1) is 11.2 Å². The van der Waals surface area contributed by atoms with Crippen molar-refractivity contribution in [3.05, 3.63) is 76.9 Å². The Bertz CT molecular complexity index is 823. The van der Waals surface area contributed by atoms with Crippen molar-refractivity contribution in [1.29, 1.82) is 0 Å². The number of hydrogen-bond donors (Lipinski definition) is 0. The Balaban J connectivity index is 0.000000924. The van der Waals surface area contributed by atoms with Crippen molar-refractivity contribution in [1.82, 2.24) is 4.57 Å². The molecule has 1 aromatic heterocycles. The van der Waals surface area contributed by atoms with E-state index in [2.05, 4.69) is 87.8 Å². The van der Waals surface area contributed by atoms with Crippen LogP contribution in [-0.2, 0) is 0 Å². The van der Waals surface area contributed by atoms with E-state index in [4.69, 9.17) is 0 Å². The molecule has 2 heteroatoms. The summed E-state index contributed by atoms with van der Waals surface area (Å²) in [5, 5.41) is 1.24. The highest BCUT2D eigenvalue weighted by atomic mass is 79.9. The Morgan fingerprint density at radius 1 is 1.00 bits per heavy atom. The molecule has 0 radical (unpaired) electrons. The number of halogens is 1. The number of rotatable bonds is 3. The van der Waals surface area contributed by atoms with Crippen molar-refractivity contribution in [3.8, 4) is 5.69 Å². The van der Waals surface area contributed by atoms with E-state index in [0.717, 1.165) is 15.9 Å². The maximum absolute atomic E-state index is 4.01. The van der Waals surface area contributed by atoms with Gasteiger partial charge in [0.1, 0.15) is 0 Å². The highest BCUT2D eigenvalue weighted by Gasteiger charge is 2.13. The van der Waals surface area contributed by atoms with Crippen LogP contribution in [0.1, 0.15) is 32.0 Å². The summed E-state index contributed by atoms with van der Waals surface area (Å²) in [4.78, 5) is 0. The molecule has 0 N–H and O–H groups in total. The van der Waals surface area contributed by atoms with Crippen LogP contribution in [0, 0.1) is 0 Å². The first-order valence-electron chi connectivity index (χ1n) is 7.90. The minimum Gasteiger partial charge on any atom is -0.309 e. The number of nitrogens with zero attached hydrogens (tertiary/aromatic N) is 1. The Labute approximate surface area is 147 Å². The SMILES string of the molecule is C=Cc1c(/C=C\C)c2ccccc2n1-c1ccc(Br)cc1.CC. The van der Waals surface area contributed by atoms with Gasteiger partial charge in [0.2, 0.25) is 0 Å². The minimum atomic E-state index is 1.08. The van der Waals surface area contributed by atoms with Gasteiger partial charge in [-0.3, -0.25) is 0 Å². The van der Waals surface area contributed by atoms with E-state index in [1.54, 1.807) is 0 Å². The number of benzene rings is 2. The van der Waals surface area contributed by atoms with Crippen molar-refractivity contribution in [2.45, 2.75) is 20.8 Å². The molecule has 3 aromatic rings. The van der Waals surface area contributed by atoms with Gasteiger partial charge in [-0.15, -0.1) is 0 Å². The number of fused-ring (bicyclic) bond motifs is 1. The van der Waals surface area contributed by atoms with Gasteiger partial charge in [-0.05, 0) is 43.3 Å². The van der Waals surface area contributed by atoms with Crippen LogP contribution in [0.25, 0.3) is 28.7 Å². The van der Waals surface area contributed by atoms with E-state index in [0.29, 0.717) is 0 Å². The van der Waals surface area contributed by atoms with Crippen LogP contribution in [0.15, 0.2) is 65.7 Å². The zero-order chi connectivity index (χ0) is 16.8. The largest absolute Gasteiger partial charge is 0.309 e. The van der Waals surface area contributed by atoms with E-state index in [-0.39, 0.29) is 0 Å². The topological polar surface area (TPSA) is 4.93 Å². The molecule has 3 rings (SSSR count). The second kappa shape index (κ2) is 7.98. The van der Waals surface area contributed by atoms with Crippen molar-refractivity contribution in [2.24, 2.45) is 0 Å². The van der Waals surface area contributed by atoms with E-state index in [9.17, 15) is 0 Å². The van der Waals surface area contributed by atoms with Gasteiger partial charge in [0.15, 0.2) is 0 Å². The van der Waals surface area contributed by atoms with E-state index in [1.165, 1.54) is 16.5 Å². The van der Waals surface area contributed by atoms with E-state index >= 15 is 0 Å². The van der Waals surface area contributed by atoms with Gasteiger partial charge in [-0.25, -0.2) is 0 Å². The van der Waals surface area contributed by atoms with Gasteiger partial charge >= 0.3 is 0 Å². The molecule has 0 saturated heterocycles. The molecular formula is C21H22BrN. The Morgan fingerprint density at radius 2 is 1.65 bits per heavy atom. The second-order valence-electron chi connectivity index (χ2n) is 4.83. The highest BCUT2D eigenvalue weighted by molar-refractivity contribution is 9.10. The van der Waals surface area contributed by atoms with E-state index < -0.39 is 0 Å². The Morgan fingerprint density at radius 3 is 2.26 bits per heavy atom. The van der Waals surface area contributed by atoms with Crippen LogP contribution in [0.3, 0.4) is 0 Å². The van der Waals surface area contributed by atoms with Gasteiger partial charge in [-0.1, -0.05) is 66.7 Å². The smallest absolute Gasteiger partial charge is 0.0541 e. The van der Waals surface area contributed by atoms with Crippen LogP contribution >= 0.6 is 15.9 Å². The van der Waals surface area contributed by atoms with Gasteiger partial charge in [0, 0.05) is 21.1 Å². The molecule has 0 amide bonds. The first kappa shape index (κ1) is 17.3. The third-order valence-electron chi connectivity index (χ3n) is 3.56. The average Bonchev–Trinajstić information content (AvgIpc) is 2.92. The summed E-state index contributed by atoms with van der Waals surface area (Å²) in [7, 11) is 0. The summed E-state index contributed by atoms with van der Waals surface area (Å²) in [6.45, 7) is 10.0. The molecule has 0 aliphatic rings. The molecule has 1 nitrogen and oxygen atoms in total. The first-order valence-corrected chi connectivity index (χ1v) is 8.70. The van der Waals surface area contributed by atoms with Crippen LogP contribution in [0.5, 0.6) is 0 Å². The molecular weight excluding hydrogens is 346 g/mol. The molecule has 0 aliphatic carbocycles. The highest BCUT2D eigenvalue weighted by Crippen LogP contribution is 2.31. The molecule has 23 heavy (non-hydrogen) atoms. The zero-order valence-electron chi connectivity index (χ0n) is 13.9. The van der Waals surface area contributed by atoms with Gasteiger partial charge in [-0.2, -0.15) is 0 Å². The normalized spacial score (nSPS) is 10.6. The standard InChI is InChI=1S/C19H16BrN.C2H6/c1-3-7-16-17-8-5-6-9-19(17)21(18(16)4-2)15-12-10-14(20)11-13-15;1-2/h3-13H,2H2,1H3;1-2H3/b7-3-;. The lowest BCUT2D eigenvalue weighted by atomic mass is 10.1. The lowest BCUT2D eigenvalue weighted by molar-refractivity contribution is 1.10. The lowest BCUT2D eigenvalue weighted by Gasteiger charge is -2.09. The van der Waals surface area contributed by atoms with Gasteiger partial charge in [0.25, 0.3) is 0 Å². The molecule has 0 bridgehead atoms. The maximum atomic E-state index is 4.01. The van der Waals surface area contributed by atoms with Crippen molar-refractivity contribution < 1.29 is 0 Å². The predicted molar refractivity (Wildman–Crippen MR) is 107 cm³/mol. The first-order chi connectivity index (χ1) is 11.3. The third-order valence-corrected chi connectivity index (χ3v) is 4.09. The number of para-hydroxylation sites is 1. The molecule has 0 saturated carbocycles. The fourth-order valence-corrected chi connectivity index (χ4v) is 2.96. The predicted octanol–water partition coefficient (Wildman–Crippen LogP) is 7.10. The molecule has 0 fully saturated rings. The van der Waals surface area contributed by atoms with E-state index in [1.807, 2.05) is 26.8 Å². The van der Waals surface area contributed by atoms with Crippen LogP contribution in [-0.4, -0.2) is 4.57 Å². The van der Waals surface area contributed by atoms with Crippen LogP contribution < -0.4 is 0 Å². The molecule has 118 valence electrons. The van der Waals surface area contributed by atoms with Crippen LogP contribution in [0.2, 0.25) is 0 Å². The lowest BCUT2D eigenvalue weighted by Crippen LogP contribution is -1.96. The second-order valence-corrected chi connectivity index (χ2v) is 5.75. The minimum absolute atomic E-state index is 1.08. The summed E-state index contributed by atoms with van der Waals surface area (Å²) in [5.74, 6) is 0. The molecule has 0 unspecified atom stereocenters. The molecule has 0 atom stereocenters. The fraction of sp³-hybridized carbons (Fsp3) is 0.143. The zero-order valence-corrected chi connectivity index (χ0v) is 15.5. The quantitative estimate of drug-likeness (QED) is 0.465. The van der Waals surface area contributed by atoms with Crippen molar-refractivity contribution >= 4 is 39.0 Å². The third kappa shape index (κ3) is 3.32. The van der Waals surface area contributed by atoms with Crippen molar-refractivity contribution in [3.63, 3.8) is 0 Å². The monoisotopic (exact) mass is 367 g/mol. The summed E-state index contributed by atoms with van der Waals surface area (Å²) in [6.07, 6.45) is 6.15. The van der Waals surface area contributed by atoms with Crippen LogP contribution in [0.4, 0.5) is 0 Å². The maximum Gasteiger partial charge on any atom is 0.0541 e. The molecule has 2 aromatic carbocycles. The summed E-state index contributed by atoms with van der Waals surface area (Å²) >= 11 is 3.49. The molecule has 1 heterocycles. The van der Waals surface area contributed by atoms with Gasteiger partial charge < -0.3 is 4.57 Å². The Hall–Kier alpha value is -2.06. The summed E-state index contributed by atoms with van der Waals surface area (Å²) in [5.41, 5.74) is 4.67. The number of hydrogen-bond acceptors (Lipinski definition) is 0. The number of allylic oxidation sites excluding steroid dienone is 1. The summed E-state index contributed by atoms with van der Waals surface area (Å²) < 4.78 is 3.33. The summed E-state index contributed by atoms with van der Waals surface area (Å²) in [6, 6.07) is 16.8. The van der Waals surface area contributed by atoms with Crippen molar-refractivity contribution in [2.75, 3.05) is 0 Å².